The molecule has 106 valence electrons. The summed E-state index contributed by atoms with van der Waals surface area (Å²) in [5.41, 5.74) is 7.76. The van der Waals surface area contributed by atoms with Gasteiger partial charge in [-0.2, -0.15) is 0 Å². The molecule has 5 heteroatoms. The zero-order valence-electron chi connectivity index (χ0n) is 11.4. The summed E-state index contributed by atoms with van der Waals surface area (Å²) >= 11 is 0. The van der Waals surface area contributed by atoms with Gasteiger partial charge in [0, 0.05) is 13.7 Å². The number of nitrogens with one attached hydrogen (secondary N) is 1. The maximum absolute atomic E-state index is 11.5. The van der Waals surface area contributed by atoms with Gasteiger partial charge in [0.2, 0.25) is 5.91 Å². The van der Waals surface area contributed by atoms with Crippen LogP contribution in [0.5, 0.6) is 0 Å². The summed E-state index contributed by atoms with van der Waals surface area (Å²) < 4.78 is 9.94. The van der Waals surface area contributed by atoms with E-state index in [0.29, 0.717) is 26.3 Å². The molecule has 19 heavy (non-hydrogen) atoms. The molecule has 0 bridgehead atoms. The van der Waals surface area contributed by atoms with Gasteiger partial charge in [0.1, 0.15) is 6.61 Å². The van der Waals surface area contributed by atoms with Crippen molar-refractivity contribution < 1.29 is 14.3 Å². The third kappa shape index (κ3) is 6.91. The maximum atomic E-state index is 11.5. The molecule has 0 saturated heterocycles. The van der Waals surface area contributed by atoms with E-state index in [9.17, 15) is 4.79 Å². The highest BCUT2D eigenvalue weighted by molar-refractivity contribution is 5.77. The molecule has 0 fully saturated rings. The first-order valence-corrected chi connectivity index (χ1v) is 6.37. The van der Waals surface area contributed by atoms with Crippen LogP contribution < -0.4 is 11.1 Å². The fourth-order valence-corrected chi connectivity index (χ4v) is 1.55. The molecule has 5 nitrogen and oxygen atoms in total. The van der Waals surface area contributed by atoms with Crippen LogP contribution in [0.1, 0.15) is 11.1 Å². The molecular weight excluding hydrogens is 244 g/mol. The molecule has 1 amide bonds. The van der Waals surface area contributed by atoms with E-state index < -0.39 is 0 Å². The number of ether oxygens (including phenoxy) is 2. The molecular formula is C14H22N2O3. The molecule has 1 aromatic carbocycles. The first-order valence-electron chi connectivity index (χ1n) is 6.37. The van der Waals surface area contributed by atoms with Crippen molar-refractivity contribution in [3.8, 4) is 0 Å². The van der Waals surface area contributed by atoms with Crippen LogP contribution in [0.15, 0.2) is 24.3 Å². The minimum absolute atomic E-state index is 0.0641. The lowest BCUT2D eigenvalue weighted by molar-refractivity contribution is -0.126. The molecule has 1 rings (SSSR count). The van der Waals surface area contributed by atoms with E-state index in [-0.39, 0.29) is 12.5 Å². The first-order chi connectivity index (χ1) is 9.26. The number of nitrogens with two attached hydrogens (primary N) is 1. The normalized spacial score (nSPS) is 10.4. The molecule has 0 radical (unpaired) electrons. The lowest BCUT2D eigenvalue weighted by Crippen LogP contribution is -2.27. The minimum atomic E-state index is -0.123. The molecule has 0 atom stereocenters. The zero-order valence-corrected chi connectivity index (χ0v) is 11.4. The summed E-state index contributed by atoms with van der Waals surface area (Å²) in [5.74, 6) is -0.123. The van der Waals surface area contributed by atoms with Gasteiger partial charge in [-0.3, -0.25) is 4.79 Å². The molecule has 0 spiro atoms. The summed E-state index contributed by atoms with van der Waals surface area (Å²) in [6.45, 7) is 2.15. The molecule has 3 N–H and O–H groups in total. The van der Waals surface area contributed by atoms with Crippen LogP contribution in [-0.4, -0.2) is 39.4 Å². The van der Waals surface area contributed by atoms with E-state index >= 15 is 0 Å². The average Bonchev–Trinajstić information content (AvgIpc) is 2.43. The van der Waals surface area contributed by atoms with Gasteiger partial charge >= 0.3 is 0 Å². The monoisotopic (exact) mass is 266 g/mol. The number of methoxy groups -OCH3 is 1. The van der Waals surface area contributed by atoms with E-state index in [1.54, 1.807) is 7.11 Å². The van der Waals surface area contributed by atoms with Crippen molar-refractivity contribution in [3.05, 3.63) is 35.4 Å². The number of amides is 1. The highest BCUT2D eigenvalue weighted by Gasteiger charge is 2.01. The van der Waals surface area contributed by atoms with Crippen LogP contribution >= 0.6 is 0 Å². The summed E-state index contributed by atoms with van der Waals surface area (Å²) in [6, 6.07) is 8.06. The SMILES string of the molecule is COCCOCC(=O)NCc1ccc(CCN)cc1. The maximum Gasteiger partial charge on any atom is 0.246 e. The molecule has 0 saturated carbocycles. The summed E-state index contributed by atoms with van der Waals surface area (Å²) in [7, 11) is 1.59. The average molecular weight is 266 g/mol. The fourth-order valence-electron chi connectivity index (χ4n) is 1.55. The minimum Gasteiger partial charge on any atom is -0.382 e. The van der Waals surface area contributed by atoms with Gasteiger partial charge in [-0.25, -0.2) is 0 Å². The third-order valence-corrected chi connectivity index (χ3v) is 2.61. The standard InChI is InChI=1S/C14H22N2O3/c1-18-8-9-19-11-14(17)16-10-13-4-2-12(3-5-13)6-7-15/h2-5H,6-11,15H2,1H3,(H,16,17). The predicted molar refractivity (Wildman–Crippen MR) is 73.7 cm³/mol. The van der Waals surface area contributed by atoms with Gasteiger partial charge in [-0.05, 0) is 24.1 Å². The highest BCUT2D eigenvalue weighted by Crippen LogP contribution is 2.04. The Kier molecular flexibility index (Phi) is 7.81. The Morgan fingerprint density at radius 2 is 1.89 bits per heavy atom. The van der Waals surface area contributed by atoms with E-state index in [0.717, 1.165) is 12.0 Å². The molecule has 0 aliphatic rings. The van der Waals surface area contributed by atoms with Crippen molar-refractivity contribution in [2.75, 3.05) is 33.5 Å². The highest BCUT2D eigenvalue weighted by atomic mass is 16.5. The van der Waals surface area contributed by atoms with Crippen LogP contribution in [0.4, 0.5) is 0 Å². The van der Waals surface area contributed by atoms with Crippen LogP contribution in [-0.2, 0) is 27.2 Å². The van der Waals surface area contributed by atoms with Crippen molar-refractivity contribution in [2.24, 2.45) is 5.73 Å². The van der Waals surface area contributed by atoms with Crippen molar-refractivity contribution in [3.63, 3.8) is 0 Å². The van der Waals surface area contributed by atoms with Crippen molar-refractivity contribution >= 4 is 5.91 Å². The van der Waals surface area contributed by atoms with Gasteiger partial charge in [0.25, 0.3) is 0 Å². The van der Waals surface area contributed by atoms with Crippen molar-refractivity contribution in [1.82, 2.24) is 5.32 Å². The van der Waals surface area contributed by atoms with Gasteiger partial charge < -0.3 is 20.5 Å². The van der Waals surface area contributed by atoms with Crippen LogP contribution in [0.3, 0.4) is 0 Å². The van der Waals surface area contributed by atoms with Crippen molar-refractivity contribution in [1.29, 1.82) is 0 Å². The molecule has 0 unspecified atom stereocenters. The summed E-state index contributed by atoms with van der Waals surface area (Å²) in [6.07, 6.45) is 0.875. The van der Waals surface area contributed by atoms with Crippen LogP contribution in [0, 0.1) is 0 Å². The smallest absolute Gasteiger partial charge is 0.246 e. The van der Waals surface area contributed by atoms with E-state index in [1.807, 2.05) is 24.3 Å². The van der Waals surface area contributed by atoms with E-state index in [2.05, 4.69) is 5.32 Å². The second-order valence-corrected chi connectivity index (χ2v) is 4.18. The summed E-state index contributed by atoms with van der Waals surface area (Å²) in [4.78, 5) is 11.5. The second kappa shape index (κ2) is 9.49. The molecule has 0 heterocycles. The van der Waals surface area contributed by atoms with Crippen molar-refractivity contribution in [2.45, 2.75) is 13.0 Å². The van der Waals surface area contributed by atoms with Crippen LogP contribution in [0.25, 0.3) is 0 Å². The Bertz CT molecular complexity index is 365. The third-order valence-electron chi connectivity index (χ3n) is 2.61. The van der Waals surface area contributed by atoms with Gasteiger partial charge in [-0.15, -0.1) is 0 Å². The number of rotatable bonds is 9. The van der Waals surface area contributed by atoms with Gasteiger partial charge in [0.15, 0.2) is 0 Å². The van der Waals surface area contributed by atoms with E-state index in [1.165, 1.54) is 5.56 Å². The number of benzene rings is 1. The fraction of sp³-hybridized carbons (Fsp3) is 0.500. The predicted octanol–water partition coefficient (Wildman–Crippen LogP) is 0.467. The Morgan fingerprint density at radius 3 is 2.53 bits per heavy atom. The Hall–Kier alpha value is -1.43. The zero-order chi connectivity index (χ0) is 13.9. The summed E-state index contributed by atoms with van der Waals surface area (Å²) in [5, 5.41) is 2.80. The molecule has 0 aromatic heterocycles. The number of carbonyl (C=O) groups excluding carboxylic acids is 1. The van der Waals surface area contributed by atoms with E-state index in [4.69, 9.17) is 15.2 Å². The molecule has 0 aliphatic carbocycles. The van der Waals surface area contributed by atoms with Gasteiger partial charge in [-0.1, -0.05) is 24.3 Å². The van der Waals surface area contributed by atoms with Gasteiger partial charge in [0.05, 0.1) is 13.2 Å². The topological polar surface area (TPSA) is 73.6 Å². The molecule has 1 aromatic rings. The van der Waals surface area contributed by atoms with Crippen LogP contribution in [0.2, 0.25) is 0 Å². The number of hydrogen-bond donors (Lipinski definition) is 2. The Balaban J connectivity index is 2.22. The quantitative estimate of drug-likeness (QED) is 0.637. The lowest BCUT2D eigenvalue weighted by Gasteiger charge is -2.07. The Labute approximate surface area is 114 Å². The second-order valence-electron chi connectivity index (χ2n) is 4.18. The Morgan fingerprint density at radius 1 is 1.21 bits per heavy atom. The number of carbonyl (C=O) groups is 1. The largest absolute Gasteiger partial charge is 0.382 e. The number of hydrogen-bond acceptors (Lipinski definition) is 4. The first kappa shape index (κ1) is 15.6. The lowest BCUT2D eigenvalue weighted by atomic mass is 10.1. The molecule has 0 aliphatic heterocycles.